The second-order valence-electron chi connectivity index (χ2n) is 8.39. The van der Waals surface area contributed by atoms with Gasteiger partial charge in [-0.1, -0.05) is 31.5 Å². The average Bonchev–Trinajstić information content (AvgIpc) is 2.74. The van der Waals surface area contributed by atoms with Crippen LogP contribution in [0.25, 0.3) is 0 Å². The third kappa shape index (κ3) is 11.3. The Kier molecular flexibility index (Phi) is 12.1. The average molecular weight is 478 g/mol. The largest absolute Gasteiger partial charge is 0.481 e. The quantitative estimate of drug-likeness (QED) is 0.219. The number of benzene rings is 1. The van der Waals surface area contributed by atoms with Crippen LogP contribution in [0.2, 0.25) is 0 Å². The number of primary amides is 1. The Morgan fingerprint density at radius 3 is 2.15 bits per heavy atom. The van der Waals surface area contributed by atoms with Gasteiger partial charge >= 0.3 is 12.0 Å². The lowest BCUT2D eigenvalue weighted by Gasteiger charge is -2.25. The first-order valence-electron chi connectivity index (χ1n) is 11.2. The first-order chi connectivity index (χ1) is 16.0. The summed E-state index contributed by atoms with van der Waals surface area (Å²) in [7, 11) is 0. The van der Waals surface area contributed by atoms with Gasteiger partial charge in [-0.3, -0.25) is 19.2 Å². The molecule has 0 spiro atoms. The Hall–Kier alpha value is -3.63. The predicted molar refractivity (Wildman–Crippen MR) is 127 cm³/mol. The molecule has 1 aromatic carbocycles. The third-order valence-electron chi connectivity index (χ3n) is 4.98. The highest BCUT2D eigenvalue weighted by Gasteiger charge is 2.28. The summed E-state index contributed by atoms with van der Waals surface area (Å²) in [4.78, 5) is 59.6. The second kappa shape index (κ2) is 14.5. The first kappa shape index (κ1) is 28.4. The molecule has 11 heteroatoms. The molecule has 1 aromatic rings. The molecule has 188 valence electrons. The number of carbonyl (C=O) groups is 5. The van der Waals surface area contributed by atoms with Crippen molar-refractivity contribution in [2.75, 3.05) is 11.9 Å². The van der Waals surface area contributed by atoms with Crippen molar-refractivity contribution in [1.29, 1.82) is 0 Å². The fourth-order valence-corrected chi connectivity index (χ4v) is 3.10. The predicted octanol–water partition coefficient (Wildman–Crippen LogP) is 1.26. The Morgan fingerprint density at radius 1 is 0.941 bits per heavy atom. The highest BCUT2D eigenvalue weighted by molar-refractivity contribution is 5.98. The van der Waals surface area contributed by atoms with Gasteiger partial charge in [-0.25, -0.2) is 4.79 Å². The SMILES string of the molecule is Cc1ccc(NC(=O)[C@H](CCCNC(N)=O)NC(=O)[C@@H](NC(=O)CCCC(=O)O)C(C)C)cc1. The van der Waals surface area contributed by atoms with E-state index in [9.17, 15) is 24.0 Å². The van der Waals surface area contributed by atoms with Crippen LogP contribution in [-0.2, 0) is 19.2 Å². The maximum absolute atomic E-state index is 13.0. The first-order valence-corrected chi connectivity index (χ1v) is 11.2. The van der Waals surface area contributed by atoms with E-state index in [0.717, 1.165) is 5.56 Å². The summed E-state index contributed by atoms with van der Waals surface area (Å²) < 4.78 is 0. The zero-order valence-corrected chi connectivity index (χ0v) is 19.8. The number of anilines is 1. The summed E-state index contributed by atoms with van der Waals surface area (Å²) in [5.41, 5.74) is 6.66. The summed E-state index contributed by atoms with van der Waals surface area (Å²) in [5.74, 6) is -2.69. The van der Waals surface area contributed by atoms with E-state index in [1.54, 1.807) is 26.0 Å². The Balaban J connectivity index is 2.84. The van der Waals surface area contributed by atoms with E-state index in [4.69, 9.17) is 10.8 Å². The number of nitrogens with one attached hydrogen (secondary N) is 4. The number of rotatable bonds is 14. The van der Waals surface area contributed by atoms with Gasteiger partial charge in [0.2, 0.25) is 17.7 Å². The smallest absolute Gasteiger partial charge is 0.312 e. The van der Waals surface area contributed by atoms with E-state index in [-0.39, 0.29) is 38.1 Å². The lowest BCUT2D eigenvalue weighted by Crippen LogP contribution is -2.54. The molecule has 7 N–H and O–H groups in total. The monoisotopic (exact) mass is 477 g/mol. The summed E-state index contributed by atoms with van der Waals surface area (Å²) in [5, 5.41) is 19.2. The Labute approximate surface area is 199 Å². The van der Waals surface area contributed by atoms with E-state index in [1.807, 2.05) is 19.1 Å². The molecule has 0 unspecified atom stereocenters. The number of hydrogen-bond acceptors (Lipinski definition) is 5. The highest BCUT2D eigenvalue weighted by atomic mass is 16.4. The van der Waals surface area contributed by atoms with Crippen LogP contribution in [0, 0.1) is 12.8 Å². The van der Waals surface area contributed by atoms with Crippen LogP contribution in [-0.4, -0.2) is 53.5 Å². The zero-order chi connectivity index (χ0) is 25.7. The van der Waals surface area contributed by atoms with E-state index in [0.29, 0.717) is 12.1 Å². The molecule has 0 bridgehead atoms. The van der Waals surface area contributed by atoms with Crippen LogP contribution >= 0.6 is 0 Å². The number of carboxylic acid groups (broad SMARTS) is 1. The van der Waals surface area contributed by atoms with E-state index in [2.05, 4.69) is 21.3 Å². The molecule has 0 aliphatic carbocycles. The Morgan fingerprint density at radius 2 is 1.59 bits per heavy atom. The minimum atomic E-state index is -1.00. The molecule has 1 rings (SSSR count). The van der Waals surface area contributed by atoms with Gasteiger partial charge < -0.3 is 32.1 Å². The fraction of sp³-hybridized carbons (Fsp3) is 0.522. The number of aryl methyl sites for hydroxylation is 1. The van der Waals surface area contributed by atoms with Crippen LogP contribution in [0.1, 0.15) is 51.5 Å². The summed E-state index contributed by atoms with van der Waals surface area (Å²) in [6.45, 7) is 5.65. The third-order valence-corrected chi connectivity index (χ3v) is 4.98. The van der Waals surface area contributed by atoms with E-state index < -0.39 is 41.8 Å². The molecule has 11 nitrogen and oxygen atoms in total. The summed E-state index contributed by atoms with van der Waals surface area (Å²) >= 11 is 0. The number of carbonyl (C=O) groups excluding carboxylic acids is 4. The molecule has 0 aliphatic heterocycles. The van der Waals surface area contributed by atoms with Gasteiger partial charge in [0.05, 0.1) is 0 Å². The fourth-order valence-electron chi connectivity index (χ4n) is 3.10. The van der Waals surface area contributed by atoms with Crippen LogP contribution in [0.5, 0.6) is 0 Å². The van der Waals surface area contributed by atoms with E-state index in [1.165, 1.54) is 0 Å². The van der Waals surface area contributed by atoms with Gasteiger partial charge in [0, 0.05) is 25.1 Å². The highest BCUT2D eigenvalue weighted by Crippen LogP contribution is 2.11. The minimum Gasteiger partial charge on any atom is -0.481 e. The van der Waals surface area contributed by atoms with Gasteiger partial charge in [-0.15, -0.1) is 0 Å². The van der Waals surface area contributed by atoms with Crippen molar-refractivity contribution in [3.05, 3.63) is 29.8 Å². The molecule has 0 aromatic heterocycles. The normalized spacial score (nSPS) is 12.4. The van der Waals surface area contributed by atoms with Gasteiger partial charge in [0.15, 0.2) is 0 Å². The zero-order valence-electron chi connectivity index (χ0n) is 19.8. The molecule has 0 saturated carbocycles. The van der Waals surface area contributed by atoms with Crippen molar-refractivity contribution in [3.63, 3.8) is 0 Å². The molecule has 0 aliphatic rings. The van der Waals surface area contributed by atoms with Crippen LogP contribution < -0.4 is 27.0 Å². The molecular weight excluding hydrogens is 442 g/mol. The van der Waals surface area contributed by atoms with Gasteiger partial charge in [-0.2, -0.15) is 0 Å². The standard InChI is InChI=1S/C23H35N5O6/c1-14(2)20(28-18(29)7-4-8-19(30)31)22(33)27-17(6-5-13-25-23(24)34)21(32)26-16-11-9-15(3)10-12-16/h9-12,14,17,20H,4-8,13H2,1-3H3,(H,26,32)(H,27,33)(H,28,29)(H,30,31)(H3,24,25,34)/t17-,20-/m0/s1. The van der Waals surface area contributed by atoms with Gasteiger partial charge in [-0.05, 0) is 44.2 Å². The van der Waals surface area contributed by atoms with Crippen molar-refractivity contribution in [2.45, 2.75) is 65.0 Å². The van der Waals surface area contributed by atoms with Crippen LogP contribution in [0.4, 0.5) is 10.5 Å². The second-order valence-corrected chi connectivity index (χ2v) is 8.39. The maximum Gasteiger partial charge on any atom is 0.312 e. The number of aliphatic carboxylic acids is 1. The number of urea groups is 1. The van der Waals surface area contributed by atoms with Crippen molar-refractivity contribution < 1.29 is 29.1 Å². The van der Waals surface area contributed by atoms with Crippen LogP contribution in [0.15, 0.2) is 24.3 Å². The number of amides is 5. The molecular formula is C23H35N5O6. The molecule has 0 saturated heterocycles. The van der Waals surface area contributed by atoms with Gasteiger partial charge in [0.1, 0.15) is 12.1 Å². The minimum absolute atomic E-state index is 0.0288. The molecule has 0 radical (unpaired) electrons. The molecule has 0 fully saturated rings. The number of nitrogens with two attached hydrogens (primary N) is 1. The molecule has 5 amide bonds. The number of hydrogen-bond donors (Lipinski definition) is 6. The van der Waals surface area contributed by atoms with Gasteiger partial charge in [0.25, 0.3) is 0 Å². The number of carboxylic acids is 1. The van der Waals surface area contributed by atoms with E-state index >= 15 is 0 Å². The van der Waals surface area contributed by atoms with Crippen LogP contribution in [0.3, 0.4) is 0 Å². The lowest BCUT2D eigenvalue weighted by molar-refractivity contribution is -0.137. The maximum atomic E-state index is 13.0. The molecule has 2 atom stereocenters. The Bertz CT molecular complexity index is 856. The molecule has 34 heavy (non-hydrogen) atoms. The summed E-state index contributed by atoms with van der Waals surface area (Å²) in [6, 6.07) is 4.66. The summed E-state index contributed by atoms with van der Waals surface area (Å²) in [6.07, 6.45) is 0.581. The van der Waals surface area contributed by atoms with Crippen molar-refractivity contribution in [1.82, 2.24) is 16.0 Å². The topological polar surface area (TPSA) is 180 Å². The van der Waals surface area contributed by atoms with Crippen molar-refractivity contribution in [2.24, 2.45) is 11.7 Å². The van der Waals surface area contributed by atoms with Crippen molar-refractivity contribution in [3.8, 4) is 0 Å². The van der Waals surface area contributed by atoms with Crippen molar-refractivity contribution >= 4 is 35.4 Å². The molecule has 0 heterocycles. The lowest BCUT2D eigenvalue weighted by atomic mass is 10.0.